The molecule has 4 nitrogen and oxygen atoms in total. The first-order valence-corrected chi connectivity index (χ1v) is 7.28. The van der Waals surface area contributed by atoms with E-state index in [-0.39, 0.29) is 0 Å². The highest BCUT2D eigenvalue weighted by molar-refractivity contribution is 9.10. The van der Waals surface area contributed by atoms with E-state index in [1.807, 2.05) is 7.05 Å². The minimum absolute atomic E-state index is 0.322. The van der Waals surface area contributed by atoms with Crippen molar-refractivity contribution in [3.8, 4) is 0 Å². The quantitative estimate of drug-likeness (QED) is 0.894. The number of anilines is 2. The molecule has 1 heterocycles. The molecule has 2 N–H and O–H groups in total. The van der Waals surface area contributed by atoms with Crippen LogP contribution >= 0.6 is 15.9 Å². The van der Waals surface area contributed by atoms with Gasteiger partial charge in [-0.2, -0.15) is 0 Å². The molecule has 1 fully saturated rings. The number of halogens is 1. The summed E-state index contributed by atoms with van der Waals surface area (Å²) in [5, 5.41) is 6.63. The fraction of sp³-hybridized carbons (Fsp3) is 0.692. The van der Waals surface area contributed by atoms with Crippen LogP contribution < -0.4 is 10.6 Å². The highest BCUT2D eigenvalue weighted by atomic mass is 79.9. The number of aromatic nitrogens is 2. The summed E-state index contributed by atoms with van der Waals surface area (Å²) in [6.45, 7) is 4.66. The van der Waals surface area contributed by atoms with Crippen molar-refractivity contribution in [2.75, 3.05) is 17.7 Å². The molecule has 0 aromatic carbocycles. The minimum Gasteiger partial charge on any atom is -0.372 e. The standard InChI is InChI=1S/C13H21BrN4/c1-13(2)7-5-4-6-9(13)18-12-10(14)11(15-3)16-8-17-12/h8-9H,4-7H2,1-3H3,(H2,15,16,17,18). The van der Waals surface area contributed by atoms with Crippen LogP contribution in [0.1, 0.15) is 39.5 Å². The Morgan fingerprint density at radius 3 is 2.67 bits per heavy atom. The summed E-state index contributed by atoms with van der Waals surface area (Å²) in [6, 6.07) is 0.474. The monoisotopic (exact) mass is 312 g/mol. The molecule has 0 radical (unpaired) electrons. The summed E-state index contributed by atoms with van der Waals surface area (Å²) < 4.78 is 0.911. The zero-order valence-electron chi connectivity index (χ0n) is 11.3. The highest BCUT2D eigenvalue weighted by Gasteiger charge is 2.32. The van der Waals surface area contributed by atoms with Crippen molar-refractivity contribution in [1.82, 2.24) is 9.97 Å². The van der Waals surface area contributed by atoms with Crippen molar-refractivity contribution in [3.05, 3.63) is 10.8 Å². The van der Waals surface area contributed by atoms with Crippen LogP contribution in [0.15, 0.2) is 10.8 Å². The first kappa shape index (κ1) is 13.6. The molecule has 1 saturated carbocycles. The van der Waals surface area contributed by atoms with Gasteiger partial charge >= 0.3 is 0 Å². The average molecular weight is 313 g/mol. The molecule has 1 aromatic rings. The molecule has 0 saturated heterocycles. The van der Waals surface area contributed by atoms with Gasteiger partial charge in [-0.1, -0.05) is 26.7 Å². The van der Waals surface area contributed by atoms with Gasteiger partial charge in [0.05, 0.1) is 0 Å². The lowest BCUT2D eigenvalue weighted by molar-refractivity contribution is 0.216. The molecule has 1 atom stereocenters. The van der Waals surface area contributed by atoms with Gasteiger partial charge in [-0.25, -0.2) is 9.97 Å². The van der Waals surface area contributed by atoms with Gasteiger partial charge in [0.25, 0.3) is 0 Å². The van der Waals surface area contributed by atoms with Crippen molar-refractivity contribution in [2.24, 2.45) is 5.41 Å². The first-order valence-electron chi connectivity index (χ1n) is 6.49. The van der Waals surface area contributed by atoms with Gasteiger partial charge in [0.1, 0.15) is 22.4 Å². The van der Waals surface area contributed by atoms with Gasteiger partial charge in [-0.3, -0.25) is 0 Å². The molecular weight excluding hydrogens is 292 g/mol. The van der Waals surface area contributed by atoms with E-state index in [0.29, 0.717) is 11.5 Å². The fourth-order valence-electron chi connectivity index (χ4n) is 2.57. The van der Waals surface area contributed by atoms with Crippen molar-refractivity contribution in [1.29, 1.82) is 0 Å². The van der Waals surface area contributed by atoms with E-state index in [1.165, 1.54) is 25.7 Å². The summed E-state index contributed by atoms with van der Waals surface area (Å²) in [5.41, 5.74) is 0.322. The van der Waals surface area contributed by atoms with E-state index in [0.717, 1.165) is 16.1 Å². The second-order valence-corrected chi connectivity index (χ2v) is 6.36. The van der Waals surface area contributed by atoms with Crippen LogP contribution in [0, 0.1) is 5.41 Å². The molecule has 1 aromatic heterocycles. The van der Waals surface area contributed by atoms with Gasteiger partial charge < -0.3 is 10.6 Å². The predicted octanol–water partition coefficient (Wildman–Crippen LogP) is 3.66. The molecule has 18 heavy (non-hydrogen) atoms. The Hall–Kier alpha value is -0.840. The zero-order chi connectivity index (χ0) is 13.2. The molecule has 2 rings (SSSR count). The Kier molecular flexibility index (Phi) is 4.10. The van der Waals surface area contributed by atoms with Gasteiger partial charge in [-0.15, -0.1) is 0 Å². The third-order valence-electron chi connectivity index (χ3n) is 3.84. The lowest BCUT2D eigenvalue weighted by atomic mass is 9.73. The topological polar surface area (TPSA) is 49.8 Å². The Labute approximate surface area is 117 Å². The van der Waals surface area contributed by atoms with Gasteiger partial charge in [-0.05, 0) is 34.2 Å². The van der Waals surface area contributed by atoms with E-state index in [2.05, 4.69) is 50.4 Å². The molecule has 0 bridgehead atoms. The molecule has 0 amide bonds. The summed E-state index contributed by atoms with van der Waals surface area (Å²) in [5.74, 6) is 1.70. The van der Waals surface area contributed by atoms with Crippen LogP contribution in [-0.4, -0.2) is 23.1 Å². The number of rotatable bonds is 3. The summed E-state index contributed by atoms with van der Waals surface area (Å²) >= 11 is 3.56. The van der Waals surface area contributed by atoms with Gasteiger partial charge in [0.2, 0.25) is 0 Å². The van der Waals surface area contributed by atoms with Gasteiger partial charge in [0.15, 0.2) is 0 Å². The molecule has 100 valence electrons. The van der Waals surface area contributed by atoms with Crippen molar-refractivity contribution in [2.45, 2.75) is 45.6 Å². The average Bonchev–Trinajstić information content (AvgIpc) is 2.34. The third-order valence-corrected chi connectivity index (χ3v) is 4.60. The number of hydrogen-bond donors (Lipinski definition) is 2. The fourth-order valence-corrected chi connectivity index (χ4v) is 3.09. The number of hydrogen-bond acceptors (Lipinski definition) is 4. The lowest BCUT2D eigenvalue weighted by Crippen LogP contribution is -2.39. The second kappa shape index (κ2) is 5.43. The Bertz CT molecular complexity index is 419. The summed E-state index contributed by atoms with van der Waals surface area (Å²) in [4.78, 5) is 8.52. The summed E-state index contributed by atoms with van der Waals surface area (Å²) in [7, 11) is 1.86. The van der Waals surface area contributed by atoms with Crippen molar-refractivity contribution in [3.63, 3.8) is 0 Å². The maximum absolute atomic E-state index is 4.34. The zero-order valence-corrected chi connectivity index (χ0v) is 12.8. The normalized spacial score (nSPS) is 22.6. The van der Waals surface area contributed by atoms with Crippen LogP contribution in [-0.2, 0) is 0 Å². The largest absolute Gasteiger partial charge is 0.372 e. The maximum atomic E-state index is 4.34. The lowest BCUT2D eigenvalue weighted by Gasteiger charge is -2.39. The highest BCUT2D eigenvalue weighted by Crippen LogP contribution is 2.38. The third kappa shape index (κ3) is 2.76. The van der Waals surface area contributed by atoms with Crippen LogP contribution in [0.2, 0.25) is 0 Å². The Morgan fingerprint density at radius 1 is 1.28 bits per heavy atom. The molecule has 0 aliphatic heterocycles. The SMILES string of the molecule is CNc1ncnc(NC2CCCCC2(C)C)c1Br. The maximum Gasteiger partial charge on any atom is 0.146 e. The van der Waals surface area contributed by atoms with Crippen molar-refractivity contribution >= 4 is 27.6 Å². The molecule has 5 heteroatoms. The van der Waals surface area contributed by atoms with Crippen LogP contribution in [0.25, 0.3) is 0 Å². The van der Waals surface area contributed by atoms with E-state index in [9.17, 15) is 0 Å². The van der Waals surface area contributed by atoms with Crippen LogP contribution in [0.3, 0.4) is 0 Å². The van der Waals surface area contributed by atoms with E-state index >= 15 is 0 Å². The van der Waals surface area contributed by atoms with Crippen molar-refractivity contribution < 1.29 is 0 Å². The Balaban J connectivity index is 2.18. The van der Waals surface area contributed by atoms with Crippen LogP contribution in [0.5, 0.6) is 0 Å². The molecule has 1 unspecified atom stereocenters. The first-order chi connectivity index (χ1) is 8.54. The van der Waals surface area contributed by atoms with E-state index < -0.39 is 0 Å². The number of nitrogens with one attached hydrogen (secondary N) is 2. The summed E-state index contributed by atoms with van der Waals surface area (Å²) in [6.07, 6.45) is 6.69. The van der Waals surface area contributed by atoms with Gasteiger partial charge in [0, 0.05) is 13.1 Å². The molecule has 1 aliphatic carbocycles. The smallest absolute Gasteiger partial charge is 0.146 e. The van der Waals surface area contributed by atoms with E-state index in [1.54, 1.807) is 6.33 Å². The Morgan fingerprint density at radius 2 is 2.00 bits per heavy atom. The van der Waals surface area contributed by atoms with E-state index in [4.69, 9.17) is 0 Å². The predicted molar refractivity (Wildman–Crippen MR) is 78.9 cm³/mol. The molecular formula is C13H21BrN4. The molecule has 1 aliphatic rings. The second-order valence-electron chi connectivity index (χ2n) is 5.57. The number of nitrogens with zero attached hydrogens (tertiary/aromatic N) is 2. The minimum atomic E-state index is 0.322. The molecule has 0 spiro atoms. The van der Waals surface area contributed by atoms with Crippen LogP contribution in [0.4, 0.5) is 11.6 Å².